The normalized spacial score (nSPS) is 15.6. The van der Waals surface area contributed by atoms with Gasteiger partial charge in [-0.05, 0) is 17.7 Å². The fourth-order valence-corrected chi connectivity index (χ4v) is 2.41. The average Bonchev–Trinajstić information content (AvgIpc) is 2.84. The molecule has 1 fully saturated rings. The Labute approximate surface area is 141 Å². The number of carbonyl (C=O) groups is 2. The molecule has 3 amide bonds. The summed E-state index contributed by atoms with van der Waals surface area (Å²) in [5.74, 6) is -1.14. The molecule has 1 aliphatic rings. The summed E-state index contributed by atoms with van der Waals surface area (Å²) < 4.78 is 13.7. The van der Waals surface area contributed by atoms with Crippen molar-refractivity contribution in [1.82, 2.24) is 10.2 Å². The fourth-order valence-electron chi connectivity index (χ4n) is 2.41. The van der Waals surface area contributed by atoms with Crippen molar-refractivity contribution >= 4 is 23.7 Å². The van der Waals surface area contributed by atoms with Gasteiger partial charge >= 0.3 is 6.03 Å². The molecule has 0 aliphatic carbocycles. The molecule has 1 N–H and O–H groups in total. The van der Waals surface area contributed by atoms with E-state index in [4.69, 9.17) is 0 Å². The van der Waals surface area contributed by atoms with E-state index in [2.05, 4.69) is 5.32 Å². The highest BCUT2D eigenvalue weighted by Crippen LogP contribution is 2.20. The van der Waals surface area contributed by atoms with Crippen LogP contribution in [0.3, 0.4) is 0 Å². The predicted molar refractivity (Wildman–Crippen MR) is 86.6 cm³/mol. The zero-order valence-electron chi connectivity index (χ0n) is 12.8. The third kappa shape index (κ3) is 3.37. The van der Waals surface area contributed by atoms with Crippen molar-refractivity contribution in [3.63, 3.8) is 0 Å². The molecule has 0 spiro atoms. The highest BCUT2D eigenvalue weighted by molar-refractivity contribution is 6.13. The number of amides is 3. The second-order valence-electron chi connectivity index (χ2n) is 5.32. The van der Waals surface area contributed by atoms with E-state index in [9.17, 15) is 24.1 Å². The van der Waals surface area contributed by atoms with Gasteiger partial charge in [0.15, 0.2) is 0 Å². The van der Waals surface area contributed by atoms with E-state index in [-0.39, 0.29) is 23.5 Å². The molecule has 1 saturated heterocycles. The van der Waals surface area contributed by atoms with E-state index >= 15 is 0 Å². The first-order valence-corrected chi connectivity index (χ1v) is 7.28. The van der Waals surface area contributed by atoms with Gasteiger partial charge in [-0.2, -0.15) is 0 Å². The van der Waals surface area contributed by atoms with E-state index in [1.54, 1.807) is 12.1 Å². The number of rotatable bonds is 4. The maximum absolute atomic E-state index is 13.7. The number of hydrogen-bond acceptors (Lipinski definition) is 4. The topological polar surface area (TPSA) is 92.5 Å². The number of imide groups is 1. The minimum absolute atomic E-state index is 0.0261. The number of benzene rings is 2. The maximum Gasteiger partial charge on any atom is 0.329 e. The monoisotopic (exact) mass is 341 g/mol. The molecule has 1 heterocycles. The maximum atomic E-state index is 13.7. The van der Waals surface area contributed by atoms with Crippen LogP contribution in [0, 0.1) is 15.9 Å². The Balaban J connectivity index is 1.85. The molecule has 2 aromatic carbocycles. The SMILES string of the molecule is O=C1N/C(=C/c2cccc([N+](=O)[O-])c2)C(=O)N1Cc1ccccc1F. The molecule has 0 atom stereocenters. The van der Waals surface area contributed by atoms with Gasteiger partial charge in [0.1, 0.15) is 11.5 Å². The van der Waals surface area contributed by atoms with Crippen molar-refractivity contribution in [2.75, 3.05) is 0 Å². The number of halogens is 1. The highest BCUT2D eigenvalue weighted by Gasteiger charge is 2.34. The van der Waals surface area contributed by atoms with E-state index in [0.29, 0.717) is 5.56 Å². The van der Waals surface area contributed by atoms with Crippen molar-refractivity contribution in [2.45, 2.75) is 6.54 Å². The standard InChI is InChI=1S/C17H12FN3O4/c18-14-7-2-1-5-12(14)10-20-16(22)15(19-17(20)23)9-11-4-3-6-13(8-11)21(24)25/h1-9H,10H2,(H,19,23)/b15-9+. The van der Waals surface area contributed by atoms with Crippen LogP contribution in [0.4, 0.5) is 14.9 Å². The zero-order valence-corrected chi connectivity index (χ0v) is 12.8. The van der Waals surface area contributed by atoms with Crippen LogP contribution in [0.5, 0.6) is 0 Å². The number of non-ortho nitro benzene ring substituents is 1. The first-order valence-electron chi connectivity index (χ1n) is 7.28. The van der Waals surface area contributed by atoms with Gasteiger partial charge in [-0.1, -0.05) is 30.3 Å². The van der Waals surface area contributed by atoms with Crippen molar-refractivity contribution in [2.24, 2.45) is 0 Å². The van der Waals surface area contributed by atoms with Gasteiger partial charge in [0.05, 0.1) is 11.5 Å². The van der Waals surface area contributed by atoms with Gasteiger partial charge in [-0.15, -0.1) is 0 Å². The van der Waals surface area contributed by atoms with E-state index < -0.39 is 22.7 Å². The van der Waals surface area contributed by atoms with Crippen LogP contribution < -0.4 is 5.32 Å². The summed E-state index contributed by atoms with van der Waals surface area (Å²) >= 11 is 0. The quantitative estimate of drug-likeness (QED) is 0.400. The first-order chi connectivity index (χ1) is 12.0. The Kier molecular flexibility index (Phi) is 4.25. The Morgan fingerprint density at radius 1 is 1.16 bits per heavy atom. The number of nitro benzene ring substituents is 1. The zero-order chi connectivity index (χ0) is 18.0. The summed E-state index contributed by atoms with van der Waals surface area (Å²) in [5, 5.41) is 13.2. The summed E-state index contributed by atoms with van der Waals surface area (Å²) in [6.07, 6.45) is 1.34. The van der Waals surface area contributed by atoms with Crippen LogP contribution in [-0.2, 0) is 11.3 Å². The first kappa shape index (κ1) is 16.3. The minimum Gasteiger partial charge on any atom is -0.303 e. The van der Waals surface area contributed by atoms with E-state index in [0.717, 1.165) is 4.90 Å². The van der Waals surface area contributed by atoms with Crippen molar-refractivity contribution in [1.29, 1.82) is 0 Å². The van der Waals surface area contributed by atoms with Gasteiger partial charge in [0.2, 0.25) is 0 Å². The van der Waals surface area contributed by atoms with Gasteiger partial charge in [-0.3, -0.25) is 19.8 Å². The lowest BCUT2D eigenvalue weighted by Crippen LogP contribution is -2.30. The third-order valence-corrected chi connectivity index (χ3v) is 3.64. The van der Waals surface area contributed by atoms with Crippen molar-refractivity contribution < 1.29 is 18.9 Å². The lowest BCUT2D eigenvalue weighted by molar-refractivity contribution is -0.384. The molecule has 25 heavy (non-hydrogen) atoms. The molecule has 126 valence electrons. The molecule has 1 aliphatic heterocycles. The lowest BCUT2D eigenvalue weighted by Gasteiger charge is -2.12. The predicted octanol–water partition coefficient (Wildman–Crippen LogP) is 2.83. The number of hydrogen-bond donors (Lipinski definition) is 1. The summed E-state index contributed by atoms with van der Waals surface area (Å²) in [7, 11) is 0. The largest absolute Gasteiger partial charge is 0.329 e. The number of urea groups is 1. The lowest BCUT2D eigenvalue weighted by atomic mass is 10.1. The second-order valence-corrected chi connectivity index (χ2v) is 5.32. The molecule has 0 saturated carbocycles. The molecule has 0 bridgehead atoms. The summed E-state index contributed by atoms with van der Waals surface area (Å²) in [4.78, 5) is 35.5. The summed E-state index contributed by atoms with van der Waals surface area (Å²) in [6, 6.07) is 10.8. The molecular formula is C17H12FN3O4. The van der Waals surface area contributed by atoms with Crippen molar-refractivity contribution in [3.05, 3.63) is 81.3 Å². The van der Waals surface area contributed by atoms with Gasteiger partial charge in [0.25, 0.3) is 11.6 Å². The Morgan fingerprint density at radius 3 is 2.64 bits per heavy atom. The molecule has 0 aromatic heterocycles. The molecular weight excluding hydrogens is 329 g/mol. The molecule has 3 rings (SSSR count). The minimum atomic E-state index is -0.676. The Hall–Kier alpha value is -3.55. The molecule has 7 nitrogen and oxygen atoms in total. The van der Waals surface area contributed by atoms with Gasteiger partial charge in [-0.25, -0.2) is 9.18 Å². The average molecular weight is 341 g/mol. The second kappa shape index (κ2) is 6.52. The van der Waals surface area contributed by atoms with E-state index in [1.165, 1.54) is 42.5 Å². The van der Waals surface area contributed by atoms with Gasteiger partial charge in [0, 0.05) is 17.7 Å². The third-order valence-electron chi connectivity index (χ3n) is 3.64. The Bertz CT molecular complexity index is 910. The smallest absolute Gasteiger partial charge is 0.303 e. The van der Waals surface area contributed by atoms with Crippen LogP contribution in [0.1, 0.15) is 11.1 Å². The van der Waals surface area contributed by atoms with E-state index in [1.807, 2.05) is 0 Å². The number of nitrogens with zero attached hydrogens (tertiary/aromatic N) is 2. The Morgan fingerprint density at radius 2 is 1.92 bits per heavy atom. The van der Waals surface area contributed by atoms with Gasteiger partial charge < -0.3 is 5.32 Å². The van der Waals surface area contributed by atoms with Crippen LogP contribution in [-0.4, -0.2) is 21.8 Å². The number of nitro groups is 1. The molecule has 0 radical (unpaired) electrons. The molecule has 8 heteroatoms. The fraction of sp³-hybridized carbons (Fsp3) is 0.0588. The van der Waals surface area contributed by atoms with Crippen LogP contribution in [0.25, 0.3) is 6.08 Å². The number of nitrogens with one attached hydrogen (secondary N) is 1. The van der Waals surface area contributed by atoms with Crippen LogP contribution in [0.15, 0.2) is 54.2 Å². The highest BCUT2D eigenvalue weighted by atomic mass is 19.1. The van der Waals surface area contributed by atoms with Crippen LogP contribution in [0.2, 0.25) is 0 Å². The summed E-state index contributed by atoms with van der Waals surface area (Å²) in [5.41, 5.74) is 0.448. The molecule has 2 aromatic rings. The summed E-state index contributed by atoms with van der Waals surface area (Å²) in [6.45, 7) is -0.205. The molecule has 0 unspecified atom stereocenters. The van der Waals surface area contributed by atoms with Crippen molar-refractivity contribution in [3.8, 4) is 0 Å². The number of carbonyl (C=O) groups excluding carboxylic acids is 2. The van der Waals surface area contributed by atoms with Crippen LogP contribution >= 0.6 is 0 Å².